The van der Waals surface area contributed by atoms with Crippen molar-refractivity contribution in [3.8, 4) is 5.75 Å². The van der Waals surface area contributed by atoms with E-state index >= 15 is 0 Å². The summed E-state index contributed by atoms with van der Waals surface area (Å²) in [7, 11) is 0. The molecular formula is C15H24FNO. The van der Waals surface area contributed by atoms with Crippen LogP contribution in [-0.2, 0) is 0 Å². The lowest BCUT2D eigenvalue weighted by atomic mass is 10.2. The van der Waals surface area contributed by atoms with Crippen LogP contribution in [0.25, 0.3) is 0 Å². The predicted octanol–water partition coefficient (Wildman–Crippen LogP) is 3.68. The van der Waals surface area contributed by atoms with Gasteiger partial charge in [-0.25, -0.2) is 4.39 Å². The van der Waals surface area contributed by atoms with Gasteiger partial charge in [0.2, 0.25) is 0 Å². The number of aryl methyl sites for hydroxylation is 1. The van der Waals surface area contributed by atoms with Crippen LogP contribution in [0.3, 0.4) is 0 Å². The van der Waals surface area contributed by atoms with Crippen LogP contribution in [0.1, 0.15) is 38.7 Å². The van der Waals surface area contributed by atoms with E-state index in [1.54, 1.807) is 13.0 Å². The lowest BCUT2D eigenvalue weighted by molar-refractivity contribution is 0.296. The molecule has 0 bridgehead atoms. The summed E-state index contributed by atoms with van der Waals surface area (Å²) in [6, 6.07) is 5.53. The van der Waals surface area contributed by atoms with Gasteiger partial charge in [-0.1, -0.05) is 13.0 Å². The van der Waals surface area contributed by atoms with Crippen LogP contribution in [0.2, 0.25) is 0 Å². The highest BCUT2D eigenvalue weighted by Crippen LogP contribution is 2.16. The summed E-state index contributed by atoms with van der Waals surface area (Å²) in [5.41, 5.74) is 0.653. The molecule has 1 unspecified atom stereocenters. The van der Waals surface area contributed by atoms with Crippen LogP contribution in [0, 0.1) is 12.7 Å². The number of halogens is 1. The Hall–Kier alpha value is -1.09. The summed E-state index contributed by atoms with van der Waals surface area (Å²) >= 11 is 0. The Bertz CT molecular complexity index is 354. The van der Waals surface area contributed by atoms with E-state index in [1.165, 1.54) is 6.07 Å². The number of ether oxygens (including phenoxy) is 1. The zero-order chi connectivity index (χ0) is 13.4. The van der Waals surface area contributed by atoms with Gasteiger partial charge in [-0.05, 0) is 51.3 Å². The van der Waals surface area contributed by atoms with E-state index in [4.69, 9.17) is 4.74 Å². The van der Waals surface area contributed by atoms with Crippen molar-refractivity contribution < 1.29 is 9.13 Å². The lowest BCUT2D eigenvalue weighted by Crippen LogP contribution is -2.26. The molecule has 3 heteroatoms. The first-order valence-electron chi connectivity index (χ1n) is 6.75. The van der Waals surface area contributed by atoms with Gasteiger partial charge in [0.05, 0.1) is 6.61 Å². The quantitative estimate of drug-likeness (QED) is 0.714. The number of nitrogens with one attached hydrogen (secondary N) is 1. The molecule has 0 spiro atoms. The highest BCUT2D eigenvalue weighted by atomic mass is 19.1. The van der Waals surface area contributed by atoms with Gasteiger partial charge in [0.1, 0.15) is 11.6 Å². The smallest absolute Gasteiger partial charge is 0.129 e. The van der Waals surface area contributed by atoms with Crippen molar-refractivity contribution in [2.45, 2.75) is 46.1 Å². The molecule has 1 aromatic rings. The van der Waals surface area contributed by atoms with Gasteiger partial charge in [0, 0.05) is 12.1 Å². The normalized spacial score (nSPS) is 12.4. The molecule has 0 heterocycles. The molecule has 0 saturated heterocycles. The fourth-order valence-electron chi connectivity index (χ4n) is 1.74. The summed E-state index contributed by atoms with van der Waals surface area (Å²) in [6.07, 6.45) is 3.21. The average Bonchev–Trinajstić information content (AvgIpc) is 2.36. The Balaban J connectivity index is 2.19. The van der Waals surface area contributed by atoms with Gasteiger partial charge < -0.3 is 10.1 Å². The molecule has 2 nitrogen and oxygen atoms in total. The van der Waals surface area contributed by atoms with Gasteiger partial charge in [0.25, 0.3) is 0 Å². The standard InChI is InChI=1S/C15H24FNO/c1-4-9-17-13(3)6-5-10-18-14-8-7-12(2)15(16)11-14/h7-8,11,13,17H,4-6,9-10H2,1-3H3. The van der Waals surface area contributed by atoms with Crippen molar-refractivity contribution in [1.29, 1.82) is 0 Å². The zero-order valence-corrected chi connectivity index (χ0v) is 11.6. The molecule has 1 rings (SSSR count). The van der Waals surface area contributed by atoms with Crippen molar-refractivity contribution in [3.05, 3.63) is 29.6 Å². The molecule has 0 aliphatic carbocycles. The first kappa shape index (κ1) is 15.0. The molecule has 0 radical (unpaired) electrons. The summed E-state index contributed by atoms with van der Waals surface area (Å²) in [4.78, 5) is 0. The Morgan fingerprint density at radius 1 is 1.39 bits per heavy atom. The van der Waals surface area contributed by atoms with Crippen LogP contribution >= 0.6 is 0 Å². The van der Waals surface area contributed by atoms with Crippen molar-refractivity contribution in [2.24, 2.45) is 0 Å². The molecule has 102 valence electrons. The van der Waals surface area contributed by atoms with Crippen molar-refractivity contribution >= 4 is 0 Å². The van der Waals surface area contributed by atoms with Gasteiger partial charge in [-0.2, -0.15) is 0 Å². The summed E-state index contributed by atoms with van der Waals surface area (Å²) in [6.45, 7) is 7.79. The first-order valence-corrected chi connectivity index (χ1v) is 6.75. The van der Waals surface area contributed by atoms with Gasteiger partial charge in [-0.3, -0.25) is 0 Å². The van der Waals surface area contributed by atoms with Crippen LogP contribution in [0.15, 0.2) is 18.2 Å². The minimum atomic E-state index is -0.203. The van der Waals surface area contributed by atoms with Crippen LogP contribution in [0.4, 0.5) is 4.39 Å². The molecule has 18 heavy (non-hydrogen) atoms. The van der Waals surface area contributed by atoms with E-state index in [-0.39, 0.29) is 5.82 Å². The van der Waals surface area contributed by atoms with E-state index in [0.29, 0.717) is 24.0 Å². The monoisotopic (exact) mass is 253 g/mol. The lowest BCUT2D eigenvalue weighted by Gasteiger charge is -2.13. The molecule has 1 N–H and O–H groups in total. The van der Waals surface area contributed by atoms with Gasteiger partial charge >= 0.3 is 0 Å². The van der Waals surface area contributed by atoms with Crippen molar-refractivity contribution in [3.63, 3.8) is 0 Å². The van der Waals surface area contributed by atoms with E-state index < -0.39 is 0 Å². The van der Waals surface area contributed by atoms with Crippen LogP contribution in [0.5, 0.6) is 5.75 Å². The van der Waals surface area contributed by atoms with E-state index in [2.05, 4.69) is 19.2 Å². The van der Waals surface area contributed by atoms with Gasteiger partial charge in [-0.15, -0.1) is 0 Å². The van der Waals surface area contributed by atoms with Crippen LogP contribution in [-0.4, -0.2) is 19.2 Å². The third kappa shape index (κ3) is 5.50. The van der Waals surface area contributed by atoms with Crippen LogP contribution < -0.4 is 10.1 Å². The molecule has 0 amide bonds. The second-order valence-electron chi connectivity index (χ2n) is 4.76. The second-order valence-corrected chi connectivity index (χ2v) is 4.76. The minimum Gasteiger partial charge on any atom is -0.493 e. The maximum atomic E-state index is 13.3. The molecule has 0 aliphatic rings. The fourth-order valence-corrected chi connectivity index (χ4v) is 1.74. The third-order valence-electron chi connectivity index (χ3n) is 2.94. The largest absolute Gasteiger partial charge is 0.493 e. The Labute approximate surface area is 110 Å². The molecule has 0 aliphatic heterocycles. The third-order valence-corrected chi connectivity index (χ3v) is 2.94. The second kappa shape index (κ2) is 8.09. The molecule has 0 saturated carbocycles. The maximum absolute atomic E-state index is 13.3. The summed E-state index contributed by atoms with van der Waals surface area (Å²) in [5.74, 6) is 0.415. The van der Waals surface area contributed by atoms with Gasteiger partial charge in [0.15, 0.2) is 0 Å². The van der Waals surface area contributed by atoms with Crippen molar-refractivity contribution in [2.75, 3.05) is 13.2 Å². The van der Waals surface area contributed by atoms with Crippen molar-refractivity contribution in [1.82, 2.24) is 5.32 Å². The summed E-state index contributed by atoms with van der Waals surface area (Å²) < 4.78 is 18.8. The number of rotatable bonds is 8. The molecule has 1 atom stereocenters. The Morgan fingerprint density at radius 3 is 2.83 bits per heavy atom. The average molecular weight is 253 g/mol. The Morgan fingerprint density at radius 2 is 2.17 bits per heavy atom. The number of benzene rings is 1. The SMILES string of the molecule is CCCNC(C)CCCOc1ccc(C)c(F)c1. The van der Waals surface area contributed by atoms with E-state index in [0.717, 1.165) is 25.8 Å². The predicted molar refractivity (Wildman–Crippen MR) is 73.6 cm³/mol. The molecule has 0 aromatic heterocycles. The highest BCUT2D eigenvalue weighted by molar-refractivity contribution is 5.27. The fraction of sp³-hybridized carbons (Fsp3) is 0.600. The molecule has 0 fully saturated rings. The molecular weight excluding hydrogens is 229 g/mol. The zero-order valence-electron chi connectivity index (χ0n) is 11.6. The van der Waals surface area contributed by atoms with E-state index in [9.17, 15) is 4.39 Å². The number of hydrogen-bond acceptors (Lipinski definition) is 2. The molecule has 1 aromatic carbocycles. The van der Waals surface area contributed by atoms with E-state index in [1.807, 2.05) is 6.07 Å². The maximum Gasteiger partial charge on any atom is 0.129 e. The highest BCUT2D eigenvalue weighted by Gasteiger charge is 2.02. The topological polar surface area (TPSA) is 21.3 Å². The minimum absolute atomic E-state index is 0.203. The number of hydrogen-bond donors (Lipinski definition) is 1. The first-order chi connectivity index (χ1) is 8.63. The summed E-state index contributed by atoms with van der Waals surface area (Å²) in [5, 5.41) is 3.43. The Kier molecular flexibility index (Phi) is 6.73.